The molecule has 3 saturated heterocycles. The topological polar surface area (TPSA) is 107 Å². The van der Waals surface area contributed by atoms with Gasteiger partial charge in [-0.1, -0.05) is 42.5 Å². The van der Waals surface area contributed by atoms with Gasteiger partial charge in [0.15, 0.2) is 9.84 Å². The van der Waals surface area contributed by atoms with Crippen molar-refractivity contribution in [2.45, 2.75) is 67.3 Å². The van der Waals surface area contributed by atoms with E-state index < -0.39 is 27.3 Å². The molecule has 4 amide bonds. The van der Waals surface area contributed by atoms with Crippen molar-refractivity contribution >= 4 is 27.7 Å². The number of imide groups is 1. The standard InChI is InChI=1S/C33H40F2N4O5S/c1-45(43,44)27-9-7-23(8-10-27)19-39-30(41)32(36-31(39)42)15-17-37(18-16-32)20-26-21-38(22-28(26)24-5-3-2-4-6-24)29(40)25-11-13-33(34,35)14-12-25/h2-10,25-26,28H,11-22H2,1H3,(H,36,42). The molecule has 3 aliphatic heterocycles. The molecule has 3 heterocycles. The zero-order valence-electron chi connectivity index (χ0n) is 25.5. The van der Waals surface area contributed by atoms with E-state index in [4.69, 9.17) is 0 Å². The monoisotopic (exact) mass is 642 g/mol. The normalized spacial score (nSPS) is 25.6. The van der Waals surface area contributed by atoms with E-state index in [0.717, 1.165) is 18.4 Å². The molecule has 45 heavy (non-hydrogen) atoms. The lowest BCUT2D eigenvalue weighted by Crippen LogP contribution is -2.55. The van der Waals surface area contributed by atoms with Crippen molar-refractivity contribution < 1.29 is 31.6 Å². The first-order valence-corrected chi connectivity index (χ1v) is 17.6. The molecule has 1 saturated carbocycles. The molecule has 4 fully saturated rings. The van der Waals surface area contributed by atoms with Gasteiger partial charge in [-0.15, -0.1) is 0 Å². The van der Waals surface area contributed by atoms with E-state index in [2.05, 4.69) is 22.3 Å². The molecule has 2 aromatic carbocycles. The van der Waals surface area contributed by atoms with Crippen LogP contribution in [0.1, 0.15) is 55.6 Å². The van der Waals surface area contributed by atoms with Crippen LogP contribution in [-0.2, 0) is 26.0 Å². The number of hydrogen-bond acceptors (Lipinski definition) is 6. The van der Waals surface area contributed by atoms with Crippen molar-refractivity contribution in [2.24, 2.45) is 11.8 Å². The summed E-state index contributed by atoms with van der Waals surface area (Å²) in [7, 11) is -3.35. The van der Waals surface area contributed by atoms with Gasteiger partial charge in [-0.3, -0.25) is 14.5 Å². The number of hydrogen-bond donors (Lipinski definition) is 1. The van der Waals surface area contributed by atoms with Gasteiger partial charge < -0.3 is 15.1 Å². The Morgan fingerprint density at radius 2 is 1.58 bits per heavy atom. The van der Waals surface area contributed by atoms with Crippen molar-refractivity contribution in [3.8, 4) is 0 Å². The van der Waals surface area contributed by atoms with Gasteiger partial charge in [-0.25, -0.2) is 22.0 Å². The molecule has 0 aromatic heterocycles. The summed E-state index contributed by atoms with van der Waals surface area (Å²) in [6, 6.07) is 15.8. The minimum absolute atomic E-state index is 0.0168. The second-order valence-corrected chi connectivity index (χ2v) is 15.3. The lowest BCUT2D eigenvalue weighted by molar-refractivity contribution is -0.139. The van der Waals surface area contributed by atoms with Crippen LogP contribution in [0.4, 0.5) is 13.6 Å². The number of sulfone groups is 1. The van der Waals surface area contributed by atoms with Gasteiger partial charge in [0.2, 0.25) is 11.8 Å². The van der Waals surface area contributed by atoms with Crippen molar-refractivity contribution in [2.75, 3.05) is 39.0 Å². The second-order valence-electron chi connectivity index (χ2n) is 13.3. The fraction of sp³-hybridized carbons (Fsp3) is 0.545. The molecule has 0 bridgehead atoms. The lowest BCUT2D eigenvalue weighted by atomic mass is 9.85. The first-order chi connectivity index (χ1) is 21.3. The van der Waals surface area contributed by atoms with E-state index in [-0.39, 0.29) is 66.7 Å². The molecule has 1 aliphatic carbocycles. The van der Waals surface area contributed by atoms with Crippen LogP contribution in [-0.4, -0.2) is 91.4 Å². The van der Waals surface area contributed by atoms with Crippen LogP contribution in [0.2, 0.25) is 0 Å². The summed E-state index contributed by atoms with van der Waals surface area (Å²) in [6.45, 7) is 3.12. The Balaban J connectivity index is 1.09. The number of carbonyl (C=O) groups is 3. The maximum Gasteiger partial charge on any atom is 0.325 e. The molecule has 2 atom stereocenters. The Bertz CT molecular complexity index is 1530. The van der Waals surface area contributed by atoms with Crippen molar-refractivity contribution in [1.82, 2.24) is 20.0 Å². The number of alkyl halides is 2. The average Bonchev–Trinajstić information content (AvgIpc) is 3.53. The summed E-state index contributed by atoms with van der Waals surface area (Å²) in [5.41, 5.74) is 0.842. The molecule has 12 heteroatoms. The maximum absolute atomic E-state index is 13.8. The number of carbonyl (C=O) groups excluding carboxylic acids is 3. The van der Waals surface area contributed by atoms with Crippen LogP contribution in [0.5, 0.6) is 0 Å². The van der Waals surface area contributed by atoms with E-state index in [1.165, 1.54) is 17.0 Å². The Morgan fingerprint density at radius 3 is 2.20 bits per heavy atom. The molecule has 242 valence electrons. The molecule has 6 rings (SSSR count). The first kappa shape index (κ1) is 31.6. The third kappa shape index (κ3) is 6.63. The highest BCUT2D eigenvalue weighted by atomic mass is 32.2. The van der Waals surface area contributed by atoms with Gasteiger partial charge in [-0.05, 0) is 54.9 Å². The number of amides is 4. The zero-order valence-corrected chi connectivity index (χ0v) is 26.3. The smallest absolute Gasteiger partial charge is 0.325 e. The number of nitrogens with zero attached hydrogens (tertiary/aromatic N) is 3. The molecule has 4 aliphatic rings. The molecule has 0 radical (unpaired) electrons. The lowest BCUT2D eigenvalue weighted by Gasteiger charge is -2.39. The van der Waals surface area contributed by atoms with Crippen molar-refractivity contribution in [3.05, 3.63) is 65.7 Å². The predicted octanol–water partition coefficient (Wildman–Crippen LogP) is 4.04. The van der Waals surface area contributed by atoms with Gasteiger partial charge in [0.1, 0.15) is 5.54 Å². The Kier molecular flexibility index (Phi) is 8.49. The van der Waals surface area contributed by atoms with E-state index in [1.807, 2.05) is 23.1 Å². The molecular weight excluding hydrogens is 602 g/mol. The van der Waals surface area contributed by atoms with Crippen LogP contribution >= 0.6 is 0 Å². The summed E-state index contributed by atoms with van der Waals surface area (Å²) < 4.78 is 51.1. The summed E-state index contributed by atoms with van der Waals surface area (Å²) in [4.78, 5) is 45.5. The summed E-state index contributed by atoms with van der Waals surface area (Å²) in [5, 5.41) is 2.95. The number of rotatable bonds is 7. The fourth-order valence-electron chi connectivity index (χ4n) is 7.49. The minimum Gasteiger partial charge on any atom is -0.341 e. The Hall–Kier alpha value is -3.38. The molecule has 1 N–H and O–H groups in total. The van der Waals surface area contributed by atoms with E-state index in [1.54, 1.807) is 12.1 Å². The third-order valence-corrected chi connectivity index (χ3v) is 11.3. The highest BCUT2D eigenvalue weighted by Crippen LogP contribution is 2.40. The van der Waals surface area contributed by atoms with Crippen LogP contribution in [0.3, 0.4) is 0 Å². The maximum atomic E-state index is 13.8. The van der Waals surface area contributed by atoms with Crippen LogP contribution in [0.25, 0.3) is 0 Å². The van der Waals surface area contributed by atoms with Gasteiger partial charge >= 0.3 is 6.03 Å². The number of halogens is 2. The van der Waals surface area contributed by atoms with E-state index in [0.29, 0.717) is 44.6 Å². The highest BCUT2D eigenvalue weighted by Gasteiger charge is 2.52. The number of nitrogens with one attached hydrogen (secondary N) is 1. The quantitative estimate of drug-likeness (QED) is 0.457. The van der Waals surface area contributed by atoms with Crippen LogP contribution < -0.4 is 5.32 Å². The van der Waals surface area contributed by atoms with Crippen LogP contribution in [0.15, 0.2) is 59.5 Å². The highest BCUT2D eigenvalue weighted by molar-refractivity contribution is 7.90. The zero-order chi connectivity index (χ0) is 32.0. The number of piperidine rings is 1. The molecule has 2 aromatic rings. The molecule has 9 nitrogen and oxygen atoms in total. The Morgan fingerprint density at radius 1 is 0.933 bits per heavy atom. The number of likely N-dealkylation sites (tertiary alicyclic amines) is 2. The van der Waals surface area contributed by atoms with E-state index in [9.17, 15) is 31.6 Å². The molecule has 2 unspecified atom stereocenters. The van der Waals surface area contributed by atoms with Crippen molar-refractivity contribution in [1.29, 1.82) is 0 Å². The summed E-state index contributed by atoms with van der Waals surface area (Å²) >= 11 is 0. The van der Waals surface area contributed by atoms with Gasteiger partial charge in [0, 0.05) is 63.7 Å². The molecule has 1 spiro atoms. The SMILES string of the molecule is CS(=O)(=O)c1ccc(CN2C(=O)NC3(CCN(CC4CN(C(=O)C5CCC(F)(F)CC5)CC4c4ccccc4)CC3)C2=O)cc1. The fourth-order valence-corrected chi connectivity index (χ4v) is 8.12. The summed E-state index contributed by atoms with van der Waals surface area (Å²) in [5.74, 6) is -3.05. The summed E-state index contributed by atoms with van der Waals surface area (Å²) in [6.07, 6.45) is 2.02. The largest absolute Gasteiger partial charge is 0.341 e. The molecular formula is C33H40F2N4O5S. The van der Waals surface area contributed by atoms with E-state index >= 15 is 0 Å². The Labute approximate surface area is 262 Å². The van der Waals surface area contributed by atoms with Gasteiger partial charge in [0.05, 0.1) is 11.4 Å². The minimum atomic E-state index is -3.35. The number of urea groups is 1. The second kappa shape index (κ2) is 12.1. The first-order valence-electron chi connectivity index (χ1n) is 15.7. The van der Waals surface area contributed by atoms with Gasteiger partial charge in [-0.2, -0.15) is 0 Å². The van der Waals surface area contributed by atoms with Crippen molar-refractivity contribution in [3.63, 3.8) is 0 Å². The van der Waals surface area contributed by atoms with Crippen LogP contribution in [0, 0.1) is 11.8 Å². The average molecular weight is 643 g/mol. The third-order valence-electron chi connectivity index (χ3n) is 10.2. The van der Waals surface area contributed by atoms with Gasteiger partial charge in [0.25, 0.3) is 5.91 Å². The number of benzene rings is 2. The predicted molar refractivity (Wildman–Crippen MR) is 163 cm³/mol.